The Labute approximate surface area is 123 Å². The number of aromatic nitrogens is 2. The Hall–Kier alpha value is -0.840. The number of nitrogens with one attached hydrogen (secondary N) is 1. The molecule has 2 heterocycles. The molecular weight excluding hydrogens is 278 g/mol. The van der Waals surface area contributed by atoms with Crippen LogP contribution in [0.3, 0.4) is 0 Å². The van der Waals surface area contributed by atoms with Gasteiger partial charge in [-0.3, -0.25) is 0 Å². The van der Waals surface area contributed by atoms with E-state index in [0.717, 1.165) is 27.4 Å². The van der Waals surface area contributed by atoms with Gasteiger partial charge in [-0.05, 0) is 63.3 Å². The van der Waals surface area contributed by atoms with Crippen molar-refractivity contribution < 1.29 is 0 Å². The minimum Gasteiger partial charge on any atom is -0.331 e. The highest BCUT2D eigenvalue weighted by Crippen LogP contribution is 2.23. The molecule has 0 saturated carbocycles. The van der Waals surface area contributed by atoms with Crippen molar-refractivity contribution in [1.29, 1.82) is 0 Å². The Balaban J connectivity index is 1.94. The number of hydrogen-bond donors (Lipinski definition) is 1. The van der Waals surface area contributed by atoms with Crippen LogP contribution in [-0.4, -0.2) is 34.1 Å². The molecule has 1 saturated heterocycles. The molecule has 1 unspecified atom stereocenters. The van der Waals surface area contributed by atoms with Crippen molar-refractivity contribution >= 4 is 34.9 Å². The number of halogens is 1. The van der Waals surface area contributed by atoms with Gasteiger partial charge in [0.15, 0.2) is 4.77 Å². The summed E-state index contributed by atoms with van der Waals surface area (Å²) in [6.45, 7) is 5.72. The van der Waals surface area contributed by atoms with Gasteiger partial charge in [0.05, 0.1) is 11.0 Å². The molecule has 1 aliphatic heterocycles. The number of imidazole rings is 1. The van der Waals surface area contributed by atoms with Crippen LogP contribution in [0, 0.1) is 4.77 Å². The van der Waals surface area contributed by atoms with Gasteiger partial charge in [-0.25, -0.2) is 0 Å². The predicted molar refractivity (Wildman–Crippen MR) is 82.5 cm³/mol. The fraction of sp³-hybridized carbons (Fsp3) is 0.500. The third kappa shape index (κ3) is 2.57. The van der Waals surface area contributed by atoms with Crippen molar-refractivity contribution in [2.75, 3.05) is 19.6 Å². The van der Waals surface area contributed by atoms with Crippen molar-refractivity contribution in [3.8, 4) is 0 Å². The highest BCUT2D eigenvalue weighted by Gasteiger charge is 2.17. The lowest BCUT2D eigenvalue weighted by Crippen LogP contribution is -2.27. The molecule has 102 valence electrons. The van der Waals surface area contributed by atoms with Gasteiger partial charge >= 0.3 is 0 Å². The van der Waals surface area contributed by atoms with Crippen molar-refractivity contribution in [2.45, 2.75) is 25.8 Å². The number of fused-ring (bicyclic) bond motifs is 1. The lowest BCUT2D eigenvalue weighted by Gasteiger charge is -2.21. The molecule has 0 radical (unpaired) electrons. The Morgan fingerprint density at radius 3 is 2.84 bits per heavy atom. The Bertz CT molecular complexity index is 640. The quantitative estimate of drug-likeness (QED) is 0.865. The summed E-state index contributed by atoms with van der Waals surface area (Å²) in [6, 6.07) is 6.28. The first-order valence-corrected chi connectivity index (χ1v) is 7.56. The third-order valence-electron chi connectivity index (χ3n) is 3.84. The van der Waals surface area contributed by atoms with Gasteiger partial charge in [0.25, 0.3) is 0 Å². The summed E-state index contributed by atoms with van der Waals surface area (Å²) in [4.78, 5) is 5.76. The second-order valence-corrected chi connectivity index (χ2v) is 6.14. The van der Waals surface area contributed by atoms with E-state index >= 15 is 0 Å². The van der Waals surface area contributed by atoms with Crippen LogP contribution in [0.2, 0.25) is 5.02 Å². The van der Waals surface area contributed by atoms with E-state index in [0.29, 0.717) is 6.04 Å². The summed E-state index contributed by atoms with van der Waals surface area (Å²) in [5.41, 5.74) is 2.16. The number of hydrogen-bond acceptors (Lipinski definition) is 2. The molecular formula is C14H18ClN3S. The fourth-order valence-corrected chi connectivity index (χ4v) is 3.52. The molecule has 0 spiro atoms. The van der Waals surface area contributed by atoms with Crippen molar-refractivity contribution in [3.05, 3.63) is 28.0 Å². The number of H-pyrrole nitrogens is 1. The lowest BCUT2D eigenvalue weighted by molar-refractivity contribution is 0.289. The number of rotatable bonds is 3. The molecule has 1 fully saturated rings. The summed E-state index contributed by atoms with van der Waals surface area (Å²) >= 11 is 11.5. The first-order valence-electron chi connectivity index (χ1n) is 6.77. The van der Waals surface area contributed by atoms with Crippen LogP contribution in [0.15, 0.2) is 18.2 Å². The molecule has 1 N–H and O–H groups in total. The second kappa shape index (κ2) is 5.27. The summed E-state index contributed by atoms with van der Waals surface area (Å²) in [7, 11) is 0. The maximum atomic E-state index is 6.03. The Morgan fingerprint density at radius 1 is 1.37 bits per heavy atom. The van der Waals surface area contributed by atoms with E-state index in [1.54, 1.807) is 0 Å². The van der Waals surface area contributed by atoms with E-state index in [9.17, 15) is 0 Å². The SMILES string of the molecule is CC(CN1CCCC1)n1c(=S)[nH]c2cc(Cl)ccc21. The summed E-state index contributed by atoms with van der Waals surface area (Å²) in [6.07, 6.45) is 2.64. The standard InChI is InChI=1S/C14H18ClN3S/c1-10(9-17-6-2-3-7-17)18-13-5-4-11(15)8-12(13)16-14(18)19/h4-5,8,10H,2-3,6-7,9H2,1H3,(H,16,19). The van der Waals surface area contributed by atoms with Crippen molar-refractivity contribution in [1.82, 2.24) is 14.5 Å². The van der Waals surface area contributed by atoms with Gasteiger partial charge in [0.1, 0.15) is 0 Å². The van der Waals surface area contributed by atoms with Crippen LogP contribution in [-0.2, 0) is 0 Å². The van der Waals surface area contributed by atoms with E-state index in [1.807, 2.05) is 18.2 Å². The third-order valence-corrected chi connectivity index (χ3v) is 4.37. The molecule has 19 heavy (non-hydrogen) atoms. The fourth-order valence-electron chi connectivity index (χ4n) is 2.96. The molecule has 1 aliphatic rings. The number of likely N-dealkylation sites (tertiary alicyclic amines) is 1. The molecule has 0 aliphatic carbocycles. The highest BCUT2D eigenvalue weighted by molar-refractivity contribution is 7.71. The molecule has 0 bridgehead atoms. The van der Waals surface area contributed by atoms with Gasteiger partial charge in [-0.15, -0.1) is 0 Å². The second-order valence-electron chi connectivity index (χ2n) is 5.32. The molecule has 3 nitrogen and oxygen atoms in total. The maximum Gasteiger partial charge on any atom is 0.178 e. The number of nitrogens with zero attached hydrogens (tertiary/aromatic N) is 2. The van der Waals surface area contributed by atoms with Gasteiger partial charge < -0.3 is 14.5 Å². The summed E-state index contributed by atoms with van der Waals surface area (Å²) < 4.78 is 2.99. The molecule has 3 rings (SSSR count). The largest absolute Gasteiger partial charge is 0.331 e. The molecule has 1 aromatic carbocycles. The molecule has 1 aromatic heterocycles. The smallest absolute Gasteiger partial charge is 0.178 e. The van der Waals surface area contributed by atoms with E-state index in [-0.39, 0.29) is 0 Å². The Kier molecular flexibility index (Phi) is 3.65. The topological polar surface area (TPSA) is 24.0 Å². The van der Waals surface area contributed by atoms with Crippen molar-refractivity contribution in [3.63, 3.8) is 0 Å². The minimum absolute atomic E-state index is 0.375. The monoisotopic (exact) mass is 295 g/mol. The van der Waals surface area contributed by atoms with E-state index in [2.05, 4.69) is 21.4 Å². The van der Waals surface area contributed by atoms with E-state index in [1.165, 1.54) is 25.9 Å². The first kappa shape index (κ1) is 13.2. The zero-order chi connectivity index (χ0) is 13.4. The van der Waals surface area contributed by atoms with Gasteiger partial charge in [0, 0.05) is 17.6 Å². The first-order chi connectivity index (χ1) is 9.15. The Morgan fingerprint density at radius 2 is 2.11 bits per heavy atom. The lowest BCUT2D eigenvalue weighted by atomic mass is 10.2. The zero-order valence-electron chi connectivity index (χ0n) is 11.0. The zero-order valence-corrected chi connectivity index (χ0v) is 12.6. The van der Waals surface area contributed by atoms with Crippen LogP contribution >= 0.6 is 23.8 Å². The molecule has 1 atom stereocenters. The van der Waals surface area contributed by atoms with Gasteiger partial charge in [-0.2, -0.15) is 0 Å². The van der Waals surface area contributed by atoms with Crippen LogP contribution in [0.5, 0.6) is 0 Å². The highest BCUT2D eigenvalue weighted by atomic mass is 35.5. The molecule has 2 aromatic rings. The minimum atomic E-state index is 0.375. The normalized spacial score (nSPS) is 18.2. The number of aromatic amines is 1. The average Bonchev–Trinajstić information content (AvgIpc) is 2.95. The van der Waals surface area contributed by atoms with Crippen LogP contribution in [0.4, 0.5) is 0 Å². The molecule has 5 heteroatoms. The average molecular weight is 296 g/mol. The summed E-state index contributed by atoms with van der Waals surface area (Å²) in [5.74, 6) is 0. The van der Waals surface area contributed by atoms with Gasteiger partial charge in [0.2, 0.25) is 0 Å². The van der Waals surface area contributed by atoms with Crippen molar-refractivity contribution in [2.24, 2.45) is 0 Å². The maximum absolute atomic E-state index is 6.03. The summed E-state index contributed by atoms with van der Waals surface area (Å²) in [5, 5.41) is 0.739. The molecule has 0 amide bonds. The van der Waals surface area contributed by atoms with Crippen LogP contribution < -0.4 is 0 Å². The van der Waals surface area contributed by atoms with Gasteiger partial charge in [-0.1, -0.05) is 11.6 Å². The van der Waals surface area contributed by atoms with Crippen LogP contribution in [0.25, 0.3) is 11.0 Å². The van der Waals surface area contributed by atoms with E-state index < -0.39 is 0 Å². The van der Waals surface area contributed by atoms with Crippen LogP contribution in [0.1, 0.15) is 25.8 Å². The predicted octanol–water partition coefficient (Wildman–Crippen LogP) is 4.01. The number of benzene rings is 1. The van der Waals surface area contributed by atoms with E-state index in [4.69, 9.17) is 23.8 Å².